The molecule has 96 valence electrons. The third-order valence-corrected chi connectivity index (χ3v) is 3.14. The summed E-state index contributed by atoms with van der Waals surface area (Å²) in [6.07, 6.45) is 2.22. The van der Waals surface area contributed by atoms with Gasteiger partial charge in [0.2, 0.25) is 0 Å². The molecule has 1 unspecified atom stereocenters. The molecule has 4 nitrogen and oxygen atoms in total. The van der Waals surface area contributed by atoms with Crippen molar-refractivity contribution in [3.63, 3.8) is 0 Å². The van der Waals surface area contributed by atoms with E-state index in [0.717, 1.165) is 45.8 Å². The zero-order valence-electron chi connectivity index (χ0n) is 10.6. The second kappa shape index (κ2) is 8.01. The van der Waals surface area contributed by atoms with Crippen LogP contribution in [-0.2, 0) is 14.2 Å². The van der Waals surface area contributed by atoms with E-state index in [1.54, 1.807) is 7.11 Å². The van der Waals surface area contributed by atoms with Crippen molar-refractivity contribution in [2.45, 2.75) is 19.8 Å². The third kappa shape index (κ3) is 4.78. The van der Waals surface area contributed by atoms with Crippen LogP contribution in [-0.4, -0.2) is 53.2 Å². The highest BCUT2D eigenvalue weighted by molar-refractivity contribution is 4.85. The molecule has 0 radical (unpaired) electrons. The Morgan fingerprint density at radius 1 is 1.31 bits per heavy atom. The SMILES string of the molecule is CCNCC1(CCOCCOC)CCOC1. The van der Waals surface area contributed by atoms with Crippen molar-refractivity contribution >= 4 is 0 Å². The van der Waals surface area contributed by atoms with Crippen molar-refractivity contribution in [2.75, 3.05) is 53.2 Å². The first kappa shape index (κ1) is 13.9. The van der Waals surface area contributed by atoms with Gasteiger partial charge in [-0.15, -0.1) is 0 Å². The molecule has 1 heterocycles. The summed E-state index contributed by atoms with van der Waals surface area (Å²) in [5.41, 5.74) is 0.295. The smallest absolute Gasteiger partial charge is 0.0700 e. The van der Waals surface area contributed by atoms with Crippen LogP contribution in [0.1, 0.15) is 19.8 Å². The molecule has 0 aromatic rings. The van der Waals surface area contributed by atoms with Crippen molar-refractivity contribution in [1.29, 1.82) is 0 Å². The van der Waals surface area contributed by atoms with Crippen LogP contribution in [0.2, 0.25) is 0 Å². The molecule has 16 heavy (non-hydrogen) atoms. The highest BCUT2D eigenvalue weighted by atomic mass is 16.5. The van der Waals surface area contributed by atoms with Gasteiger partial charge in [0, 0.05) is 32.3 Å². The van der Waals surface area contributed by atoms with Gasteiger partial charge in [-0.1, -0.05) is 6.92 Å². The van der Waals surface area contributed by atoms with Crippen molar-refractivity contribution in [3.05, 3.63) is 0 Å². The van der Waals surface area contributed by atoms with E-state index in [4.69, 9.17) is 14.2 Å². The molecule has 0 aliphatic carbocycles. The number of methoxy groups -OCH3 is 1. The summed E-state index contributed by atoms with van der Waals surface area (Å²) in [5, 5.41) is 3.42. The fraction of sp³-hybridized carbons (Fsp3) is 1.00. The van der Waals surface area contributed by atoms with Gasteiger partial charge in [0.25, 0.3) is 0 Å². The molecule has 1 rings (SSSR count). The molecular formula is C12H25NO3. The average molecular weight is 231 g/mol. The fourth-order valence-electron chi connectivity index (χ4n) is 2.00. The summed E-state index contributed by atoms with van der Waals surface area (Å²) in [6, 6.07) is 0. The lowest BCUT2D eigenvalue weighted by molar-refractivity contribution is 0.0468. The number of rotatable bonds is 9. The minimum Gasteiger partial charge on any atom is -0.382 e. The van der Waals surface area contributed by atoms with Gasteiger partial charge in [0.1, 0.15) is 0 Å². The van der Waals surface area contributed by atoms with Crippen LogP contribution in [0.3, 0.4) is 0 Å². The second-order valence-corrected chi connectivity index (χ2v) is 4.44. The summed E-state index contributed by atoms with van der Waals surface area (Å²) >= 11 is 0. The summed E-state index contributed by atoms with van der Waals surface area (Å²) in [6.45, 7) is 8.13. The lowest BCUT2D eigenvalue weighted by atomic mass is 9.84. The molecule has 1 saturated heterocycles. The molecule has 1 aliphatic rings. The lowest BCUT2D eigenvalue weighted by Gasteiger charge is -2.27. The van der Waals surface area contributed by atoms with E-state index in [-0.39, 0.29) is 0 Å². The molecule has 0 amide bonds. The molecule has 0 saturated carbocycles. The topological polar surface area (TPSA) is 39.7 Å². The maximum Gasteiger partial charge on any atom is 0.0700 e. The Kier molecular flexibility index (Phi) is 6.96. The minimum absolute atomic E-state index is 0.295. The summed E-state index contributed by atoms with van der Waals surface area (Å²) < 4.78 is 16.0. The highest BCUT2D eigenvalue weighted by Crippen LogP contribution is 2.31. The third-order valence-electron chi connectivity index (χ3n) is 3.14. The molecule has 1 aliphatic heterocycles. The zero-order valence-corrected chi connectivity index (χ0v) is 10.6. The maximum atomic E-state index is 5.53. The first-order valence-corrected chi connectivity index (χ1v) is 6.18. The van der Waals surface area contributed by atoms with E-state index in [1.165, 1.54) is 0 Å². The standard InChI is InChI=1S/C12H25NO3/c1-3-13-10-12(5-7-16-11-12)4-6-15-9-8-14-2/h13H,3-11H2,1-2H3. The van der Waals surface area contributed by atoms with E-state index in [0.29, 0.717) is 18.6 Å². The Hall–Kier alpha value is -0.160. The van der Waals surface area contributed by atoms with Crippen LogP contribution in [0.4, 0.5) is 0 Å². The van der Waals surface area contributed by atoms with Crippen LogP contribution < -0.4 is 5.32 Å². The van der Waals surface area contributed by atoms with Crippen molar-refractivity contribution in [2.24, 2.45) is 5.41 Å². The Balaban J connectivity index is 2.17. The molecule has 0 spiro atoms. The van der Waals surface area contributed by atoms with Crippen LogP contribution in [0.5, 0.6) is 0 Å². The number of ether oxygens (including phenoxy) is 3. The quantitative estimate of drug-likeness (QED) is 0.602. The van der Waals surface area contributed by atoms with Crippen LogP contribution in [0, 0.1) is 5.41 Å². The van der Waals surface area contributed by atoms with Gasteiger partial charge in [-0.25, -0.2) is 0 Å². The number of nitrogens with one attached hydrogen (secondary N) is 1. The molecule has 1 atom stereocenters. The first-order valence-electron chi connectivity index (χ1n) is 6.18. The predicted molar refractivity (Wildman–Crippen MR) is 63.7 cm³/mol. The first-order chi connectivity index (χ1) is 7.83. The van der Waals surface area contributed by atoms with E-state index >= 15 is 0 Å². The van der Waals surface area contributed by atoms with Crippen molar-refractivity contribution in [1.82, 2.24) is 5.32 Å². The fourth-order valence-corrected chi connectivity index (χ4v) is 2.00. The van der Waals surface area contributed by atoms with Gasteiger partial charge < -0.3 is 19.5 Å². The van der Waals surface area contributed by atoms with E-state index in [9.17, 15) is 0 Å². The molecule has 4 heteroatoms. The zero-order chi connectivity index (χ0) is 11.7. The van der Waals surface area contributed by atoms with Gasteiger partial charge in [-0.05, 0) is 19.4 Å². The highest BCUT2D eigenvalue weighted by Gasteiger charge is 2.33. The Morgan fingerprint density at radius 3 is 2.81 bits per heavy atom. The normalized spacial score (nSPS) is 25.1. The molecule has 1 N–H and O–H groups in total. The number of hydrogen-bond acceptors (Lipinski definition) is 4. The maximum absolute atomic E-state index is 5.53. The van der Waals surface area contributed by atoms with Gasteiger partial charge in [0.05, 0.1) is 19.8 Å². The van der Waals surface area contributed by atoms with Gasteiger partial charge in [-0.2, -0.15) is 0 Å². The Bertz CT molecular complexity index is 170. The van der Waals surface area contributed by atoms with Crippen molar-refractivity contribution < 1.29 is 14.2 Å². The number of hydrogen-bond donors (Lipinski definition) is 1. The summed E-state index contributed by atoms with van der Waals surface area (Å²) in [7, 11) is 1.70. The van der Waals surface area contributed by atoms with Crippen LogP contribution in [0.15, 0.2) is 0 Å². The van der Waals surface area contributed by atoms with Gasteiger partial charge in [0.15, 0.2) is 0 Å². The molecule has 0 bridgehead atoms. The van der Waals surface area contributed by atoms with E-state index < -0.39 is 0 Å². The van der Waals surface area contributed by atoms with Crippen LogP contribution in [0.25, 0.3) is 0 Å². The minimum atomic E-state index is 0.295. The van der Waals surface area contributed by atoms with Crippen molar-refractivity contribution in [3.8, 4) is 0 Å². The average Bonchev–Trinajstić information content (AvgIpc) is 2.76. The van der Waals surface area contributed by atoms with E-state index in [2.05, 4.69) is 12.2 Å². The van der Waals surface area contributed by atoms with Crippen LogP contribution >= 0.6 is 0 Å². The van der Waals surface area contributed by atoms with Gasteiger partial charge >= 0.3 is 0 Å². The van der Waals surface area contributed by atoms with E-state index in [1.807, 2.05) is 0 Å². The largest absolute Gasteiger partial charge is 0.382 e. The molecule has 1 fully saturated rings. The predicted octanol–water partition coefficient (Wildman–Crippen LogP) is 1.06. The summed E-state index contributed by atoms with van der Waals surface area (Å²) in [4.78, 5) is 0. The Morgan fingerprint density at radius 2 is 2.19 bits per heavy atom. The molecular weight excluding hydrogens is 206 g/mol. The van der Waals surface area contributed by atoms with Gasteiger partial charge in [-0.3, -0.25) is 0 Å². The summed E-state index contributed by atoms with van der Waals surface area (Å²) in [5.74, 6) is 0. The lowest BCUT2D eigenvalue weighted by Crippen LogP contribution is -2.36. The molecule has 0 aromatic heterocycles. The monoisotopic (exact) mass is 231 g/mol. The second-order valence-electron chi connectivity index (χ2n) is 4.44. The molecule has 0 aromatic carbocycles. The Labute approximate surface area is 98.6 Å².